The van der Waals surface area contributed by atoms with Crippen LogP contribution in [-0.4, -0.2) is 35.0 Å². The number of rotatable bonds is 5. The van der Waals surface area contributed by atoms with Crippen LogP contribution in [0.4, 0.5) is 11.5 Å². The molecule has 19 heavy (non-hydrogen) atoms. The number of ether oxygens (including phenoxy) is 1. The molecule has 2 unspecified atom stereocenters. The van der Waals surface area contributed by atoms with E-state index in [0.717, 1.165) is 25.5 Å². The third-order valence-electron chi connectivity index (χ3n) is 3.00. The fourth-order valence-corrected chi connectivity index (χ4v) is 2.50. The number of hydrogen-bond donors (Lipinski definition) is 2. The predicted molar refractivity (Wildman–Crippen MR) is 73.5 cm³/mol. The Kier molecular flexibility index (Phi) is 4.79. The Hall–Kier alpha value is -1.11. The quantitative estimate of drug-likeness (QED) is 0.491. The molecule has 0 aliphatic heterocycles. The van der Waals surface area contributed by atoms with Gasteiger partial charge < -0.3 is 20.6 Å². The Labute approximate surface area is 120 Å². The summed E-state index contributed by atoms with van der Waals surface area (Å²) in [6, 6.07) is 0.168. The maximum atomic E-state index is 10.3. The van der Waals surface area contributed by atoms with Gasteiger partial charge >= 0.3 is 0 Å². The molecule has 2 atom stereocenters. The third kappa shape index (κ3) is 3.68. The second kappa shape index (κ2) is 6.36. The molecule has 2 rings (SSSR count). The van der Waals surface area contributed by atoms with Crippen LogP contribution in [0.1, 0.15) is 19.3 Å². The number of nitrogen functional groups attached to an aromatic ring is 1. The zero-order chi connectivity index (χ0) is 13.8. The van der Waals surface area contributed by atoms with E-state index in [9.17, 15) is 4.79 Å². The van der Waals surface area contributed by atoms with Crippen molar-refractivity contribution in [3.05, 3.63) is 10.4 Å². The molecule has 1 aromatic rings. The highest BCUT2D eigenvalue weighted by molar-refractivity contribution is 6.34. The molecule has 0 amide bonds. The van der Waals surface area contributed by atoms with E-state index in [-0.39, 0.29) is 34.9 Å². The van der Waals surface area contributed by atoms with E-state index in [1.807, 2.05) is 0 Å². The molecule has 8 heteroatoms. The number of nitrogens with zero attached hydrogens (tertiary/aromatic N) is 2. The van der Waals surface area contributed by atoms with Crippen molar-refractivity contribution in [2.24, 2.45) is 0 Å². The average Bonchev–Trinajstić information content (AvgIpc) is 2.80. The summed E-state index contributed by atoms with van der Waals surface area (Å²) in [4.78, 5) is 18.0. The highest BCUT2D eigenvalue weighted by Crippen LogP contribution is 2.30. The molecule has 0 radical (unpaired) electrons. The lowest BCUT2D eigenvalue weighted by atomic mass is 10.2. The van der Waals surface area contributed by atoms with Gasteiger partial charge in [0.1, 0.15) is 18.6 Å². The van der Waals surface area contributed by atoms with Crippen LogP contribution in [0.25, 0.3) is 0 Å². The van der Waals surface area contributed by atoms with Gasteiger partial charge in [0.25, 0.3) is 0 Å². The second-order valence-corrected chi connectivity index (χ2v) is 5.02. The topological polar surface area (TPSA) is 90.1 Å². The van der Waals surface area contributed by atoms with Crippen molar-refractivity contribution in [3.8, 4) is 0 Å². The van der Waals surface area contributed by atoms with Crippen molar-refractivity contribution in [1.29, 1.82) is 0 Å². The Bertz CT molecular complexity index is 472. The highest BCUT2D eigenvalue weighted by Gasteiger charge is 2.26. The van der Waals surface area contributed by atoms with Gasteiger partial charge in [-0.15, -0.1) is 0 Å². The van der Waals surface area contributed by atoms with Gasteiger partial charge in [-0.1, -0.05) is 11.6 Å². The molecule has 1 heterocycles. The summed E-state index contributed by atoms with van der Waals surface area (Å²) in [5.74, 6) is 0.436. The zero-order valence-corrected chi connectivity index (χ0v) is 11.6. The van der Waals surface area contributed by atoms with E-state index >= 15 is 0 Å². The molecule has 0 bridgehead atoms. The van der Waals surface area contributed by atoms with Crippen LogP contribution >= 0.6 is 23.2 Å². The third-order valence-corrected chi connectivity index (χ3v) is 3.45. The van der Waals surface area contributed by atoms with Crippen molar-refractivity contribution in [3.63, 3.8) is 0 Å². The van der Waals surface area contributed by atoms with Crippen LogP contribution in [0.2, 0.25) is 10.4 Å². The van der Waals surface area contributed by atoms with E-state index in [2.05, 4.69) is 15.3 Å². The van der Waals surface area contributed by atoms with Crippen LogP contribution in [0.5, 0.6) is 0 Å². The molecule has 3 N–H and O–H groups in total. The van der Waals surface area contributed by atoms with Crippen LogP contribution in [0.15, 0.2) is 0 Å². The first-order chi connectivity index (χ1) is 9.10. The molecular weight excluding hydrogens is 291 g/mol. The second-order valence-electron chi connectivity index (χ2n) is 4.32. The van der Waals surface area contributed by atoms with E-state index < -0.39 is 0 Å². The van der Waals surface area contributed by atoms with E-state index in [4.69, 9.17) is 33.7 Å². The molecule has 0 spiro atoms. The molecule has 6 nitrogen and oxygen atoms in total. The molecule has 0 aromatic carbocycles. The number of nitrogens with two attached hydrogens (primary N) is 1. The number of aromatic nitrogens is 2. The number of aldehydes is 1. The summed E-state index contributed by atoms with van der Waals surface area (Å²) in [5.41, 5.74) is 6.07. The van der Waals surface area contributed by atoms with Gasteiger partial charge in [0.2, 0.25) is 5.28 Å². The number of anilines is 2. The van der Waals surface area contributed by atoms with Gasteiger partial charge in [0.15, 0.2) is 11.0 Å². The highest BCUT2D eigenvalue weighted by atomic mass is 35.5. The molecule has 104 valence electrons. The Balaban J connectivity index is 1.97. The number of carbonyl (C=O) groups is 1. The minimum Gasteiger partial charge on any atom is -0.393 e. The Morgan fingerprint density at radius 3 is 2.95 bits per heavy atom. The number of nitrogens with one attached hydrogen (secondary N) is 1. The molecular formula is C11H14Cl2N4O2. The molecule has 1 fully saturated rings. The van der Waals surface area contributed by atoms with Gasteiger partial charge in [0.05, 0.1) is 6.10 Å². The lowest BCUT2D eigenvalue weighted by Gasteiger charge is -2.15. The molecule has 1 aliphatic rings. The van der Waals surface area contributed by atoms with Crippen molar-refractivity contribution in [2.75, 3.05) is 17.7 Å². The Morgan fingerprint density at radius 1 is 1.42 bits per heavy atom. The first-order valence-corrected chi connectivity index (χ1v) is 6.66. The fraction of sp³-hybridized carbons (Fsp3) is 0.545. The minimum atomic E-state index is 0.0495. The molecule has 1 aromatic heterocycles. The number of carbonyl (C=O) groups excluding carboxylic acids is 1. The average molecular weight is 305 g/mol. The zero-order valence-electron chi connectivity index (χ0n) is 10.1. The van der Waals surface area contributed by atoms with Gasteiger partial charge in [0, 0.05) is 6.04 Å². The number of hydrogen-bond acceptors (Lipinski definition) is 6. The Morgan fingerprint density at radius 2 is 2.21 bits per heavy atom. The van der Waals surface area contributed by atoms with Gasteiger partial charge in [-0.05, 0) is 30.9 Å². The molecule has 1 saturated carbocycles. The van der Waals surface area contributed by atoms with Gasteiger partial charge in [-0.25, -0.2) is 4.98 Å². The van der Waals surface area contributed by atoms with Crippen LogP contribution in [0, 0.1) is 0 Å². The lowest BCUT2D eigenvalue weighted by Crippen LogP contribution is -2.20. The monoisotopic (exact) mass is 304 g/mol. The van der Waals surface area contributed by atoms with Gasteiger partial charge in [-0.2, -0.15) is 4.98 Å². The maximum absolute atomic E-state index is 10.3. The summed E-state index contributed by atoms with van der Waals surface area (Å²) in [7, 11) is 0. The molecule has 0 saturated heterocycles. The van der Waals surface area contributed by atoms with E-state index in [1.165, 1.54) is 0 Å². The maximum Gasteiger partial charge on any atom is 0.225 e. The number of halogens is 2. The van der Waals surface area contributed by atoms with Crippen molar-refractivity contribution < 1.29 is 9.53 Å². The fourth-order valence-electron chi connectivity index (χ4n) is 2.12. The first-order valence-electron chi connectivity index (χ1n) is 5.90. The van der Waals surface area contributed by atoms with Crippen molar-refractivity contribution in [1.82, 2.24) is 9.97 Å². The lowest BCUT2D eigenvalue weighted by molar-refractivity contribution is -0.113. The van der Waals surface area contributed by atoms with Crippen LogP contribution in [-0.2, 0) is 9.53 Å². The summed E-state index contributed by atoms with van der Waals surface area (Å²) in [6.07, 6.45) is 3.41. The minimum absolute atomic E-state index is 0.0495. The van der Waals surface area contributed by atoms with E-state index in [0.29, 0.717) is 5.82 Å². The van der Waals surface area contributed by atoms with Crippen molar-refractivity contribution >= 4 is 41.0 Å². The van der Waals surface area contributed by atoms with Crippen molar-refractivity contribution in [2.45, 2.75) is 31.4 Å². The summed E-state index contributed by atoms with van der Waals surface area (Å²) in [6.45, 7) is 0.130. The summed E-state index contributed by atoms with van der Waals surface area (Å²) < 4.78 is 5.37. The largest absolute Gasteiger partial charge is 0.393 e. The molecule has 1 aliphatic carbocycles. The first kappa shape index (κ1) is 14.3. The predicted octanol–water partition coefficient (Wildman–Crippen LogP) is 1.91. The smallest absolute Gasteiger partial charge is 0.225 e. The van der Waals surface area contributed by atoms with Crippen LogP contribution < -0.4 is 11.1 Å². The standard InChI is InChI=1S/C11H14Cl2N4O2/c12-9-8(14)10(17-11(13)16-9)15-6-1-2-7(5-6)19-4-3-18/h3,6-7H,1-2,4-5,14H2,(H,15,16,17). The van der Waals surface area contributed by atoms with Crippen LogP contribution in [0.3, 0.4) is 0 Å². The van der Waals surface area contributed by atoms with Gasteiger partial charge in [-0.3, -0.25) is 0 Å². The SMILES string of the molecule is Nc1c(Cl)nc(Cl)nc1NC1CCC(OCC=O)C1. The summed E-state index contributed by atoms with van der Waals surface area (Å²) >= 11 is 11.6. The van der Waals surface area contributed by atoms with E-state index in [1.54, 1.807) is 0 Å². The normalized spacial score (nSPS) is 22.4. The summed E-state index contributed by atoms with van der Waals surface area (Å²) in [5, 5.41) is 3.37.